The van der Waals surface area contributed by atoms with Crippen molar-refractivity contribution in [3.05, 3.63) is 93.1 Å². The quantitative estimate of drug-likeness (QED) is 0.298. The zero-order chi connectivity index (χ0) is 25.8. The van der Waals surface area contributed by atoms with E-state index in [1.807, 2.05) is 41.8 Å². The molecule has 0 aliphatic heterocycles. The number of carbonyl (C=O) groups is 1. The number of carbonyl (C=O) groups excluding carboxylic acids is 1. The summed E-state index contributed by atoms with van der Waals surface area (Å²) in [5.41, 5.74) is 2.79. The number of thiophene rings is 1. The number of amides is 1. The molecule has 0 saturated carbocycles. The number of fused-ring (bicyclic) bond motifs is 1. The van der Waals surface area contributed by atoms with Crippen LogP contribution in [0.3, 0.4) is 0 Å². The molecule has 1 aromatic carbocycles. The van der Waals surface area contributed by atoms with Gasteiger partial charge in [-0.3, -0.25) is 18.8 Å². The molecule has 0 spiro atoms. The Morgan fingerprint density at radius 2 is 1.95 bits per heavy atom. The summed E-state index contributed by atoms with van der Waals surface area (Å²) in [6, 6.07) is 11.9. The molecule has 0 unspecified atom stereocenters. The van der Waals surface area contributed by atoms with Crippen molar-refractivity contribution in [3.63, 3.8) is 0 Å². The SMILES string of the molecule is Cn1cc(-c2cnc(NCCc3ccccc3)c(=O)n2CC(=O)NCc2cnc3scc(Cl)c3c2)cn1. The fourth-order valence-corrected chi connectivity index (χ4v) is 5.03. The molecule has 0 radical (unpaired) electrons. The third kappa shape index (κ3) is 5.71. The van der Waals surface area contributed by atoms with Crippen LogP contribution in [0, 0.1) is 0 Å². The first-order chi connectivity index (χ1) is 18.0. The van der Waals surface area contributed by atoms with Crippen molar-refractivity contribution >= 4 is 44.9 Å². The number of rotatable bonds is 9. The number of aryl methyl sites for hydroxylation is 1. The molecule has 0 bridgehead atoms. The minimum atomic E-state index is -0.377. The van der Waals surface area contributed by atoms with E-state index < -0.39 is 0 Å². The zero-order valence-corrected chi connectivity index (χ0v) is 21.6. The summed E-state index contributed by atoms with van der Waals surface area (Å²) in [5, 5.41) is 13.5. The Morgan fingerprint density at radius 1 is 1.11 bits per heavy atom. The standard InChI is InChI=1S/C26H24ClN7O2S/c1-33-14-19(12-32-33)22-13-30-24(28-8-7-17-5-3-2-4-6-17)26(36)34(22)15-23(35)29-10-18-9-20-21(27)16-37-25(20)31-11-18/h2-6,9,11-14,16H,7-8,10,15H2,1H3,(H,28,30)(H,29,35). The van der Waals surface area contributed by atoms with E-state index in [2.05, 4.69) is 25.7 Å². The van der Waals surface area contributed by atoms with Crippen LogP contribution < -0.4 is 16.2 Å². The Labute approximate surface area is 221 Å². The molecule has 0 fully saturated rings. The zero-order valence-electron chi connectivity index (χ0n) is 20.0. The summed E-state index contributed by atoms with van der Waals surface area (Å²) >= 11 is 7.69. The third-order valence-electron chi connectivity index (χ3n) is 5.83. The second-order valence-electron chi connectivity index (χ2n) is 8.51. The van der Waals surface area contributed by atoms with Crippen molar-refractivity contribution in [1.82, 2.24) is 29.6 Å². The maximum Gasteiger partial charge on any atom is 0.294 e. The van der Waals surface area contributed by atoms with Crippen LogP contribution in [0.25, 0.3) is 21.5 Å². The molecule has 9 nitrogen and oxygen atoms in total. The Hall–Kier alpha value is -4.02. The van der Waals surface area contributed by atoms with Gasteiger partial charge in [0.1, 0.15) is 11.4 Å². The molecule has 37 heavy (non-hydrogen) atoms. The van der Waals surface area contributed by atoms with Gasteiger partial charge in [0.15, 0.2) is 5.82 Å². The van der Waals surface area contributed by atoms with Crippen LogP contribution in [0.1, 0.15) is 11.1 Å². The fraction of sp³-hybridized carbons (Fsp3) is 0.192. The molecule has 188 valence electrons. The lowest BCUT2D eigenvalue weighted by Gasteiger charge is -2.14. The summed E-state index contributed by atoms with van der Waals surface area (Å²) in [4.78, 5) is 35.9. The molecule has 1 amide bonds. The normalized spacial score (nSPS) is 11.1. The first-order valence-electron chi connectivity index (χ1n) is 11.6. The van der Waals surface area contributed by atoms with Gasteiger partial charge in [0.25, 0.3) is 5.56 Å². The van der Waals surface area contributed by atoms with Gasteiger partial charge in [0, 0.05) is 48.9 Å². The van der Waals surface area contributed by atoms with Gasteiger partial charge in [-0.2, -0.15) is 5.10 Å². The minimum Gasteiger partial charge on any atom is -0.365 e. The lowest BCUT2D eigenvalue weighted by Crippen LogP contribution is -2.34. The Kier molecular flexibility index (Phi) is 7.29. The summed E-state index contributed by atoms with van der Waals surface area (Å²) in [6.07, 6.45) is 7.45. The largest absolute Gasteiger partial charge is 0.365 e. The average Bonchev–Trinajstić information content (AvgIpc) is 3.50. The van der Waals surface area contributed by atoms with Crippen molar-refractivity contribution in [3.8, 4) is 11.3 Å². The molecular formula is C26H24ClN7O2S. The molecule has 5 aromatic rings. The highest BCUT2D eigenvalue weighted by Gasteiger charge is 2.16. The van der Waals surface area contributed by atoms with E-state index in [9.17, 15) is 9.59 Å². The summed E-state index contributed by atoms with van der Waals surface area (Å²) < 4.78 is 3.05. The van der Waals surface area contributed by atoms with Gasteiger partial charge < -0.3 is 10.6 Å². The predicted molar refractivity (Wildman–Crippen MR) is 146 cm³/mol. The second-order valence-corrected chi connectivity index (χ2v) is 9.77. The number of halogens is 1. The molecule has 4 aromatic heterocycles. The molecule has 0 atom stereocenters. The van der Waals surface area contributed by atoms with Crippen LogP contribution in [0.2, 0.25) is 5.02 Å². The van der Waals surface area contributed by atoms with Crippen molar-refractivity contribution in [2.45, 2.75) is 19.5 Å². The van der Waals surface area contributed by atoms with Crippen molar-refractivity contribution in [1.29, 1.82) is 0 Å². The van der Waals surface area contributed by atoms with E-state index in [-0.39, 0.29) is 30.4 Å². The van der Waals surface area contributed by atoms with E-state index in [0.717, 1.165) is 27.8 Å². The van der Waals surface area contributed by atoms with Crippen LogP contribution in [-0.2, 0) is 31.4 Å². The van der Waals surface area contributed by atoms with Gasteiger partial charge in [0.2, 0.25) is 5.91 Å². The number of aromatic nitrogens is 5. The van der Waals surface area contributed by atoms with Gasteiger partial charge in [-0.05, 0) is 23.6 Å². The van der Waals surface area contributed by atoms with Gasteiger partial charge in [-0.25, -0.2) is 9.97 Å². The van der Waals surface area contributed by atoms with E-state index in [1.54, 1.807) is 36.5 Å². The molecule has 11 heteroatoms. The third-order valence-corrected chi connectivity index (χ3v) is 7.18. The number of nitrogens with one attached hydrogen (secondary N) is 2. The number of pyridine rings is 1. The van der Waals surface area contributed by atoms with Gasteiger partial charge >= 0.3 is 0 Å². The first-order valence-corrected chi connectivity index (χ1v) is 12.9. The van der Waals surface area contributed by atoms with Crippen LogP contribution in [0.15, 0.2) is 71.4 Å². The van der Waals surface area contributed by atoms with Crippen LogP contribution in [0.5, 0.6) is 0 Å². The van der Waals surface area contributed by atoms with Crippen LogP contribution in [0.4, 0.5) is 5.82 Å². The van der Waals surface area contributed by atoms with Crippen molar-refractivity contribution in [2.75, 3.05) is 11.9 Å². The first kappa shape index (κ1) is 24.7. The highest BCUT2D eigenvalue weighted by Crippen LogP contribution is 2.28. The maximum atomic E-state index is 13.4. The van der Waals surface area contributed by atoms with Gasteiger partial charge in [0.05, 0.1) is 23.1 Å². The summed E-state index contributed by atoms with van der Waals surface area (Å²) in [5.74, 6) is -0.122. The Bertz CT molecular complexity index is 1610. The second kappa shape index (κ2) is 10.9. The molecule has 4 heterocycles. The number of anilines is 1. The van der Waals surface area contributed by atoms with Crippen molar-refractivity contribution in [2.24, 2.45) is 7.05 Å². The van der Waals surface area contributed by atoms with Crippen LogP contribution >= 0.6 is 22.9 Å². The number of hydrogen-bond acceptors (Lipinski definition) is 7. The van der Waals surface area contributed by atoms with Crippen LogP contribution in [-0.4, -0.2) is 36.8 Å². The van der Waals surface area contributed by atoms with E-state index in [1.165, 1.54) is 15.9 Å². The predicted octanol–water partition coefficient (Wildman–Crippen LogP) is 3.88. The summed E-state index contributed by atoms with van der Waals surface area (Å²) in [6.45, 7) is 0.622. The monoisotopic (exact) mass is 533 g/mol. The lowest BCUT2D eigenvalue weighted by molar-refractivity contribution is -0.121. The molecule has 0 aliphatic carbocycles. The van der Waals surface area contributed by atoms with Gasteiger partial charge in [-0.1, -0.05) is 41.9 Å². The van der Waals surface area contributed by atoms with E-state index >= 15 is 0 Å². The molecule has 2 N–H and O–H groups in total. The lowest BCUT2D eigenvalue weighted by atomic mass is 10.1. The Balaban J connectivity index is 1.33. The number of hydrogen-bond donors (Lipinski definition) is 2. The minimum absolute atomic E-state index is 0.173. The average molecular weight is 534 g/mol. The number of benzene rings is 1. The molecule has 5 rings (SSSR count). The van der Waals surface area contributed by atoms with E-state index in [0.29, 0.717) is 22.8 Å². The van der Waals surface area contributed by atoms with Crippen molar-refractivity contribution < 1.29 is 4.79 Å². The highest BCUT2D eigenvalue weighted by atomic mass is 35.5. The maximum absolute atomic E-state index is 13.4. The summed E-state index contributed by atoms with van der Waals surface area (Å²) in [7, 11) is 1.79. The molecular weight excluding hydrogens is 510 g/mol. The van der Waals surface area contributed by atoms with Gasteiger partial charge in [-0.15, -0.1) is 11.3 Å². The molecule has 0 saturated heterocycles. The highest BCUT2D eigenvalue weighted by molar-refractivity contribution is 7.17. The van der Waals surface area contributed by atoms with E-state index in [4.69, 9.17) is 11.6 Å². The molecule has 0 aliphatic rings. The fourth-order valence-electron chi connectivity index (χ4n) is 3.95. The Morgan fingerprint density at radius 3 is 2.73 bits per heavy atom. The number of nitrogens with zero attached hydrogens (tertiary/aromatic N) is 5. The topological polar surface area (TPSA) is 107 Å². The smallest absolute Gasteiger partial charge is 0.294 e.